The second-order valence-corrected chi connectivity index (χ2v) is 1.76. The zero-order chi connectivity index (χ0) is 12.5. The van der Waals surface area contributed by atoms with Crippen LogP contribution in [0.4, 0.5) is 0 Å². The van der Waals surface area contributed by atoms with Crippen molar-refractivity contribution >= 4 is 31.4 Å². The Kier molecular flexibility index (Phi) is 40.5. The Hall–Kier alpha value is 0.260. The van der Waals surface area contributed by atoms with Crippen molar-refractivity contribution in [2.45, 2.75) is 59.3 Å². The third-order valence-corrected chi connectivity index (χ3v) is 0.544. The summed E-state index contributed by atoms with van der Waals surface area (Å²) in [6.45, 7) is 0.938. The minimum Gasteiger partial charge on any atom is -0.0962 e. The van der Waals surface area contributed by atoms with Crippen LogP contribution in [0.1, 0.15) is 38.2 Å². The normalized spacial score (nSPS) is 12.2. The van der Waals surface area contributed by atoms with Crippen molar-refractivity contribution in [3.8, 4) is 0 Å². The second kappa shape index (κ2) is 39.7. The molecule has 0 aromatic carbocycles. The van der Waals surface area contributed by atoms with E-state index in [4.69, 9.17) is 35.5 Å². The Bertz CT molecular complexity index is 77.2. The molecular formula is C9H22B4. The number of hydrogen-bond acceptors (Lipinski definition) is 0. The van der Waals surface area contributed by atoms with E-state index in [0.29, 0.717) is 26.4 Å². The highest BCUT2D eigenvalue weighted by Crippen LogP contribution is 1.74. The van der Waals surface area contributed by atoms with E-state index in [9.17, 15) is 0 Å². The zero-order valence-corrected chi connectivity index (χ0v) is 7.84. The second-order valence-electron chi connectivity index (χ2n) is 1.76. The van der Waals surface area contributed by atoms with E-state index in [1.54, 1.807) is 0 Å². The van der Waals surface area contributed by atoms with Gasteiger partial charge in [-0.3, -0.25) is 0 Å². The smallest absolute Gasteiger partial charge is 0.0652 e. The van der Waals surface area contributed by atoms with Crippen LogP contribution in [-0.2, 0) is 0 Å². The Morgan fingerprint density at radius 1 is 0.923 bits per heavy atom. The van der Waals surface area contributed by atoms with Crippen molar-refractivity contribution in [1.82, 2.24) is 0 Å². The summed E-state index contributed by atoms with van der Waals surface area (Å²) in [4.78, 5) is 0. The van der Waals surface area contributed by atoms with Crippen molar-refractivity contribution < 1.29 is 4.11 Å². The summed E-state index contributed by atoms with van der Waals surface area (Å²) in [5.41, 5.74) is 0. The number of hydrogen-bond donors (Lipinski definition) is 0. The van der Waals surface area contributed by atoms with E-state index in [0.717, 1.165) is 12.8 Å². The van der Waals surface area contributed by atoms with Gasteiger partial charge in [-0.2, -0.15) is 0 Å². The molecule has 0 aliphatic heterocycles. The van der Waals surface area contributed by atoms with Crippen LogP contribution in [0.5, 0.6) is 0 Å². The van der Waals surface area contributed by atoms with Gasteiger partial charge in [0.15, 0.2) is 0 Å². The van der Waals surface area contributed by atoms with Gasteiger partial charge in [0.1, 0.15) is 0 Å². The molecule has 13 heavy (non-hydrogen) atoms. The maximum absolute atomic E-state index is 6.52. The monoisotopic (exact) mass is 180 g/mol. The van der Waals surface area contributed by atoms with Crippen LogP contribution in [0.25, 0.3) is 0 Å². The molecule has 0 saturated heterocycles. The summed E-state index contributed by atoms with van der Waals surface area (Å²) in [6.07, 6.45) is 2.64. The summed E-state index contributed by atoms with van der Waals surface area (Å²) in [6, 6.07) is 0. The molecule has 0 aliphatic carbocycles. The van der Waals surface area contributed by atoms with Gasteiger partial charge in [0.25, 0.3) is 0 Å². The first kappa shape index (κ1) is 13.3. The van der Waals surface area contributed by atoms with Gasteiger partial charge in [-0.15, -0.1) is 0 Å². The van der Waals surface area contributed by atoms with E-state index >= 15 is 0 Å². The maximum atomic E-state index is 6.52. The van der Waals surface area contributed by atoms with Crippen molar-refractivity contribution in [3.05, 3.63) is 0 Å². The molecule has 0 bridgehead atoms. The molecule has 0 rings (SSSR count). The summed E-state index contributed by atoms with van der Waals surface area (Å²) in [5.74, 6) is 0. The van der Waals surface area contributed by atoms with Gasteiger partial charge in [0, 0.05) is 4.11 Å². The molecule has 8 radical (unpaired) electrons. The van der Waals surface area contributed by atoms with Gasteiger partial charge in [-0.05, 0) is 0 Å². The van der Waals surface area contributed by atoms with Crippen LogP contribution < -0.4 is 0 Å². The standard InChI is InChI=1S/2C3H7B.C2H4B2.CH4/c2*1-2-3-4;3-1-2-4;/h2*2-3H2,1H3;1-2H2;1H4/i3*1T;. The Labute approximate surface area is 95.5 Å². The molecule has 1 atom stereocenters. The predicted molar refractivity (Wildman–Crippen MR) is 69.6 cm³/mol. The molecule has 0 aromatic rings. The fraction of sp³-hybridized carbons (Fsp3) is 1.00. The lowest BCUT2D eigenvalue weighted by Crippen LogP contribution is -1.60. The Morgan fingerprint density at radius 2 is 1.23 bits per heavy atom. The highest BCUT2D eigenvalue weighted by Gasteiger charge is 1.57. The number of rotatable bonds is 3. The molecule has 1 unspecified atom stereocenters. The Balaban J connectivity index is -0.0000000655. The highest BCUT2D eigenvalue weighted by molar-refractivity contribution is 6.16. The van der Waals surface area contributed by atoms with Crippen LogP contribution in [-0.4, -0.2) is 31.4 Å². The van der Waals surface area contributed by atoms with Gasteiger partial charge < -0.3 is 0 Å². The molecule has 70 valence electrons. The lowest BCUT2D eigenvalue weighted by atomic mass is 9.91. The average molecular weight is 180 g/mol. The first-order valence-corrected chi connectivity index (χ1v) is 3.97. The minimum atomic E-state index is -0.588. The molecular weight excluding hydrogens is 151 g/mol. The van der Waals surface area contributed by atoms with Crippen LogP contribution >= 0.6 is 0 Å². The first-order valence-electron chi connectivity index (χ1n) is 5.96. The molecule has 0 heterocycles. The van der Waals surface area contributed by atoms with E-state index in [2.05, 4.69) is 0 Å². The molecule has 0 N–H and O–H groups in total. The molecule has 0 nitrogen and oxygen atoms in total. The molecule has 0 fully saturated rings. The van der Waals surface area contributed by atoms with Crippen molar-refractivity contribution in [2.24, 2.45) is 0 Å². The fourth-order valence-corrected chi connectivity index (χ4v) is 0. The van der Waals surface area contributed by atoms with Crippen molar-refractivity contribution in [1.29, 1.82) is 0 Å². The summed E-state index contributed by atoms with van der Waals surface area (Å²) in [5, 5.41) is 0. The summed E-state index contributed by atoms with van der Waals surface area (Å²) < 4.78 is 19.5. The van der Waals surface area contributed by atoms with Crippen LogP contribution in [0.2, 0.25) is 25.3 Å². The molecule has 0 aliphatic rings. The molecule has 0 aromatic heterocycles. The largest absolute Gasteiger partial charge is 0.0962 e. The molecule has 0 amide bonds. The van der Waals surface area contributed by atoms with E-state index in [-0.39, 0.29) is 13.7 Å². The quantitative estimate of drug-likeness (QED) is 0.585. The van der Waals surface area contributed by atoms with Gasteiger partial charge >= 0.3 is 0 Å². The third-order valence-electron chi connectivity index (χ3n) is 0.544. The van der Waals surface area contributed by atoms with Gasteiger partial charge in [-0.1, -0.05) is 59.3 Å². The van der Waals surface area contributed by atoms with Crippen molar-refractivity contribution in [2.75, 3.05) is 0 Å². The summed E-state index contributed by atoms with van der Waals surface area (Å²) in [7, 11) is 19.7. The van der Waals surface area contributed by atoms with Crippen LogP contribution in [0, 0.1) is 0 Å². The maximum Gasteiger partial charge on any atom is 0.0652 e. The van der Waals surface area contributed by atoms with Crippen molar-refractivity contribution in [3.63, 3.8) is 0 Å². The highest BCUT2D eigenvalue weighted by atomic mass is 13.5. The van der Waals surface area contributed by atoms with Gasteiger partial charge in [0.2, 0.25) is 0 Å². The SMILES string of the molecule is C.[3H]C([B])C[B].[3H]CCC[B].[3H]CCC[B]. The van der Waals surface area contributed by atoms with Gasteiger partial charge in [-0.25, -0.2) is 0 Å². The van der Waals surface area contributed by atoms with E-state index in [1.165, 1.54) is 0 Å². The molecule has 0 saturated carbocycles. The minimum absolute atomic E-state index is 0. The van der Waals surface area contributed by atoms with Gasteiger partial charge in [0.05, 0.1) is 31.4 Å². The summed E-state index contributed by atoms with van der Waals surface area (Å²) >= 11 is 0. The molecule has 4 heteroatoms. The lowest BCUT2D eigenvalue weighted by molar-refractivity contribution is 1.08. The van der Waals surface area contributed by atoms with E-state index < -0.39 is 6.30 Å². The van der Waals surface area contributed by atoms with Crippen LogP contribution in [0.15, 0.2) is 0 Å². The van der Waals surface area contributed by atoms with Crippen LogP contribution in [0.3, 0.4) is 0 Å². The first-order chi connectivity index (χ1) is 7.10. The predicted octanol–water partition coefficient (Wildman–Crippen LogP) is 2.76. The lowest BCUT2D eigenvalue weighted by Gasteiger charge is -1.67. The third kappa shape index (κ3) is 121. The fourth-order valence-electron chi connectivity index (χ4n) is 0. The topological polar surface area (TPSA) is 0 Å². The van der Waals surface area contributed by atoms with E-state index in [1.807, 2.05) is 0 Å². The zero-order valence-electron chi connectivity index (χ0n) is 10.8. The Morgan fingerprint density at radius 3 is 1.23 bits per heavy atom. The average Bonchev–Trinajstić information content (AvgIpc) is 2.22. The molecule has 0 spiro atoms.